The van der Waals surface area contributed by atoms with Crippen molar-refractivity contribution in [3.63, 3.8) is 0 Å². The Balaban J connectivity index is 2.85. The molecular weight excluding hydrogens is 176 g/mol. The topological polar surface area (TPSA) is 17.1 Å². The molecule has 0 bridgehead atoms. The lowest BCUT2D eigenvalue weighted by molar-refractivity contribution is -0.109. The Hall–Kier alpha value is 0.370. The lowest BCUT2D eigenvalue weighted by atomic mass is 10.3. The van der Waals surface area contributed by atoms with Crippen LogP contribution in [0.15, 0.2) is 0 Å². The molecule has 0 unspecified atom stereocenters. The molecule has 0 spiro atoms. The number of hydrogen-bond acceptors (Lipinski definition) is 3. The van der Waals surface area contributed by atoms with Crippen LogP contribution >= 0.6 is 23.5 Å². The van der Waals surface area contributed by atoms with Crippen molar-refractivity contribution in [2.24, 2.45) is 0 Å². The van der Waals surface area contributed by atoms with Crippen LogP contribution in [0, 0.1) is 0 Å². The summed E-state index contributed by atoms with van der Waals surface area (Å²) in [5.41, 5.74) is 0. The smallest absolute Gasteiger partial charge is 0.185 e. The second kappa shape index (κ2) is 8.47. The number of unbranched alkanes of at least 4 members (excludes halogenated alkanes) is 2. The average molecular weight is 192 g/mol. The van der Waals surface area contributed by atoms with Gasteiger partial charge in [0.25, 0.3) is 0 Å². The van der Waals surface area contributed by atoms with Crippen LogP contribution in [-0.4, -0.2) is 22.9 Å². The average Bonchev–Trinajstić information content (AvgIpc) is 1.96. The molecule has 0 rings (SSSR count). The quantitative estimate of drug-likeness (QED) is 0.602. The molecule has 0 radical (unpaired) electrons. The van der Waals surface area contributed by atoms with Crippen molar-refractivity contribution in [3.05, 3.63) is 0 Å². The molecule has 0 atom stereocenters. The molecule has 0 aromatic rings. The van der Waals surface area contributed by atoms with E-state index in [1.165, 1.54) is 36.8 Å². The van der Waals surface area contributed by atoms with E-state index < -0.39 is 0 Å². The monoisotopic (exact) mass is 192 g/mol. The van der Waals surface area contributed by atoms with Gasteiger partial charge in [0, 0.05) is 12.7 Å². The Morgan fingerprint density at radius 2 is 1.82 bits per heavy atom. The highest BCUT2D eigenvalue weighted by Crippen LogP contribution is 2.08. The summed E-state index contributed by atoms with van der Waals surface area (Å²) in [6.07, 6.45) is 5.87. The van der Waals surface area contributed by atoms with Gasteiger partial charge in [0.15, 0.2) is 5.12 Å². The molecule has 0 fully saturated rings. The van der Waals surface area contributed by atoms with Crippen LogP contribution in [0.2, 0.25) is 0 Å². The summed E-state index contributed by atoms with van der Waals surface area (Å²) in [7, 11) is 0. The Kier molecular flexibility index (Phi) is 8.75. The minimum absolute atomic E-state index is 0.245. The maximum atomic E-state index is 10.5. The summed E-state index contributed by atoms with van der Waals surface area (Å²) in [6.45, 7) is 1.63. The largest absolute Gasteiger partial charge is 0.288 e. The number of thioether (sulfide) groups is 2. The zero-order valence-corrected chi connectivity index (χ0v) is 8.89. The first-order valence-electron chi connectivity index (χ1n) is 3.89. The summed E-state index contributed by atoms with van der Waals surface area (Å²) >= 11 is 3.34. The number of hydrogen-bond donors (Lipinski definition) is 0. The Morgan fingerprint density at radius 3 is 2.36 bits per heavy atom. The van der Waals surface area contributed by atoms with Crippen LogP contribution in [-0.2, 0) is 4.79 Å². The van der Waals surface area contributed by atoms with Crippen molar-refractivity contribution in [2.75, 3.05) is 17.8 Å². The van der Waals surface area contributed by atoms with Crippen LogP contribution in [0.1, 0.15) is 26.2 Å². The van der Waals surface area contributed by atoms with E-state index in [2.05, 4.69) is 6.26 Å². The first-order valence-corrected chi connectivity index (χ1v) is 6.27. The van der Waals surface area contributed by atoms with Gasteiger partial charge < -0.3 is 0 Å². The third-order valence-corrected chi connectivity index (χ3v) is 2.89. The minimum atomic E-state index is 0.245. The van der Waals surface area contributed by atoms with Crippen molar-refractivity contribution in [3.8, 4) is 0 Å². The first kappa shape index (κ1) is 11.4. The van der Waals surface area contributed by atoms with Crippen molar-refractivity contribution in [2.45, 2.75) is 26.2 Å². The van der Waals surface area contributed by atoms with E-state index in [1.807, 2.05) is 11.8 Å². The van der Waals surface area contributed by atoms with E-state index in [-0.39, 0.29) is 5.12 Å². The Bertz CT molecular complexity index is 104. The summed E-state index contributed by atoms with van der Waals surface area (Å²) in [6, 6.07) is 0. The molecule has 0 aliphatic carbocycles. The van der Waals surface area contributed by atoms with Crippen LogP contribution in [0.3, 0.4) is 0 Å². The highest BCUT2D eigenvalue weighted by atomic mass is 32.2. The van der Waals surface area contributed by atoms with E-state index in [9.17, 15) is 4.79 Å². The molecule has 0 aliphatic heterocycles. The van der Waals surface area contributed by atoms with Gasteiger partial charge in [0.2, 0.25) is 0 Å². The lowest BCUT2D eigenvalue weighted by Gasteiger charge is -1.97. The minimum Gasteiger partial charge on any atom is -0.288 e. The van der Waals surface area contributed by atoms with Crippen molar-refractivity contribution >= 4 is 28.6 Å². The van der Waals surface area contributed by atoms with E-state index in [0.717, 1.165) is 5.75 Å². The number of carbonyl (C=O) groups excluding carboxylic acids is 1. The predicted octanol–water partition coefficient (Wildman–Crippen LogP) is 2.80. The van der Waals surface area contributed by atoms with Gasteiger partial charge in [0.05, 0.1) is 0 Å². The maximum absolute atomic E-state index is 10.5. The van der Waals surface area contributed by atoms with Crippen molar-refractivity contribution < 1.29 is 4.79 Å². The van der Waals surface area contributed by atoms with E-state index in [4.69, 9.17) is 0 Å². The molecular formula is C8H16OS2. The van der Waals surface area contributed by atoms with E-state index in [0.29, 0.717) is 0 Å². The maximum Gasteiger partial charge on any atom is 0.185 e. The predicted molar refractivity (Wildman–Crippen MR) is 55.4 cm³/mol. The molecule has 0 N–H and O–H groups in total. The summed E-state index contributed by atoms with van der Waals surface area (Å²) < 4.78 is 0. The number of carbonyl (C=O) groups is 1. The molecule has 0 aromatic carbocycles. The fraction of sp³-hybridized carbons (Fsp3) is 0.875. The van der Waals surface area contributed by atoms with E-state index in [1.54, 1.807) is 6.92 Å². The fourth-order valence-electron chi connectivity index (χ4n) is 0.741. The van der Waals surface area contributed by atoms with Gasteiger partial charge in [0.1, 0.15) is 0 Å². The molecule has 0 aliphatic rings. The Labute approximate surface area is 77.7 Å². The van der Waals surface area contributed by atoms with Crippen LogP contribution in [0.4, 0.5) is 0 Å². The SMILES string of the molecule is CSCCCCCSC(C)=O. The molecule has 3 heteroatoms. The first-order chi connectivity index (χ1) is 5.27. The normalized spacial score (nSPS) is 10.0. The highest BCUT2D eigenvalue weighted by molar-refractivity contribution is 8.13. The van der Waals surface area contributed by atoms with E-state index >= 15 is 0 Å². The molecule has 1 nitrogen and oxygen atoms in total. The van der Waals surface area contributed by atoms with Gasteiger partial charge in [-0.2, -0.15) is 11.8 Å². The van der Waals surface area contributed by atoms with Gasteiger partial charge >= 0.3 is 0 Å². The summed E-state index contributed by atoms with van der Waals surface area (Å²) in [5.74, 6) is 2.26. The molecule has 0 aromatic heterocycles. The van der Waals surface area contributed by atoms with Crippen LogP contribution in [0.5, 0.6) is 0 Å². The van der Waals surface area contributed by atoms with Gasteiger partial charge in [-0.15, -0.1) is 0 Å². The number of rotatable bonds is 6. The molecule has 0 heterocycles. The van der Waals surface area contributed by atoms with Crippen molar-refractivity contribution in [1.82, 2.24) is 0 Å². The van der Waals surface area contributed by atoms with Crippen LogP contribution < -0.4 is 0 Å². The lowest BCUT2D eigenvalue weighted by Crippen LogP contribution is -1.87. The third-order valence-electron chi connectivity index (χ3n) is 1.30. The molecule has 66 valence electrons. The van der Waals surface area contributed by atoms with Crippen LogP contribution in [0.25, 0.3) is 0 Å². The molecule has 0 saturated carbocycles. The van der Waals surface area contributed by atoms with Gasteiger partial charge in [-0.25, -0.2) is 0 Å². The fourth-order valence-corrected chi connectivity index (χ4v) is 1.87. The third kappa shape index (κ3) is 10.4. The zero-order chi connectivity index (χ0) is 8.53. The van der Waals surface area contributed by atoms with Crippen molar-refractivity contribution in [1.29, 1.82) is 0 Å². The summed E-state index contributed by atoms with van der Waals surface area (Å²) in [4.78, 5) is 10.5. The molecule has 0 saturated heterocycles. The highest BCUT2D eigenvalue weighted by Gasteiger charge is 1.93. The standard InChI is InChI=1S/C8H16OS2/c1-8(9)11-7-5-3-4-6-10-2/h3-7H2,1-2H3. The molecule has 11 heavy (non-hydrogen) atoms. The van der Waals surface area contributed by atoms with Gasteiger partial charge in [-0.05, 0) is 24.9 Å². The zero-order valence-electron chi connectivity index (χ0n) is 7.26. The van der Waals surface area contributed by atoms with Gasteiger partial charge in [-0.1, -0.05) is 18.2 Å². The second-order valence-electron chi connectivity index (χ2n) is 2.39. The second-order valence-corrected chi connectivity index (χ2v) is 4.65. The molecule has 0 amide bonds. The Morgan fingerprint density at radius 1 is 1.18 bits per heavy atom. The van der Waals surface area contributed by atoms with Gasteiger partial charge in [-0.3, -0.25) is 4.79 Å². The summed E-state index contributed by atoms with van der Waals surface area (Å²) in [5, 5.41) is 0.245.